The van der Waals surface area contributed by atoms with E-state index >= 15 is 0 Å². The molecule has 0 saturated heterocycles. The van der Waals surface area contributed by atoms with Crippen molar-refractivity contribution in [2.24, 2.45) is 22.4 Å². The van der Waals surface area contributed by atoms with E-state index in [0.29, 0.717) is 40.3 Å². The molecule has 14 heteroatoms. The third kappa shape index (κ3) is 10.6. The van der Waals surface area contributed by atoms with Crippen molar-refractivity contribution >= 4 is 33.8 Å². The highest BCUT2D eigenvalue weighted by molar-refractivity contribution is 9.10. The van der Waals surface area contributed by atoms with Gasteiger partial charge in [-0.15, -0.1) is 10.2 Å². The Morgan fingerprint density at radius 3 is 2.45 bits per heavy atom. The lowest BCUT2D eigenvalue weighted by Crippen LogP contribution is -2.39. The molecule has 0 fully saturated rings. The van der Waals surface area contributed by atoms with Crippen LogP contribution in [-0.4, -0.2) is 63.8 Å². The van der Waals surface area contributed by atoms with E-state index in [-0.39, 0.29) is 30.6 Å². The van der Waals surface area contributed by atoms with Gasteiger partial charge in [-0.2, -0.15) is 5.21 Å². The van der Waals surface area contributed by atoms with Crippen LogP contribution in [0.3, 0.4) is 0 Å². The minimum absolute atomic E-state index is 0.0327. The summed E-state index contributed by atoms with van der Waals surface area (Å²) in [5, 5.41) is 25.1. The first-order valence-electron chi connectivity index (χ1n) is 12.3. The Labute approximate surface area is 240 Å². The lowest BCUT2D eigenvalue weighted by atomic mass is 10.0. The zero-order valence-electron chi connectivity index (χ0n) is 22.8. The van der Waals surface area contributed by atoms with Gasteiger partial charge in [-0.3, -0.25) is 14.9 Å². The predicted molar refractivity (Wildman–Crippen MR) is 154 cm³/mol. The van der Waals surface area contributed by atoms with Crippen LogP contribution in [0, 0.1) is 5.92 Å². The van der Waals surface area contributed by atoms with Crippen molar-refractivity contribution in [1.82, 2.24) is 25.9 Å². The fourth-order valence-electron chi connectivity index (χ4n) is 3.67. The van der Waals surface area contributed by atoms with Crippen molar-refractivity contribution in [1.29, 1.82) is 0 Å². The number of aliphatic carboxylic acids is 1. The van der Waals surface area contributed by atoms with Crippen LogP contribution in [0.25, 0.3) is 11.4 Å². The number of nitrogens with zero attached hydrogens (tertiary/aromatic N) is 4. The van der Waals surface area contributed by atoms with Crippen LogP contribution in [-0.2, 0) is 22.6 Å². The molecule has 3 rings (SSSR count). The fraction of sp³-hybridized carbons (Fsp3) is 0.385. The molecule has 0 aliphatic rings. The summed E-state index contributed by atoms with van der Waals surface area (Å²) in [6, 6.07) is 10.7. The molecule has 0 aliphatic heterocycles. The topological polar surface area (TPSA) is 204 Å². The monoisotopic (exact) mass is 618 g/mol. The number of hydrogen-bond acceptors (Lipinski definition) is 9. The van der Waals surface area contributed by atoms with Crippen molar-refractivity contribution in [3.63, 3.8) is 0 Å². The van der Waals surface area contributed by atoms with Gasteiger partial charge in [0.2, 0.25) is 11.7 Å². The summed E-state index contributed by atoms with van der Waals surface area (Å²) in [5.41, 5.74) is 14.0. The van der Waals surface area contributed by atoms with E-state index in [4.69, 9.17) is 26.0 Å². The maximum Gasteiger partial charge on any atom is 0.305 e. The molecule has 0 bridgehead atoms. The first-order valence-corrected chi connectivity index (χ1v) is 13.1. The molecule has 216 valence electrons. The van der Waals surface area contributed by atoms with Gasteiger partial charge in [-0.05, 0) is 46.9 Å². The number of aromatic amines is 1. The van der Waals surface area contributed by atoms with E-state index in [1.807, 2.05) is 38.1 Å². The third-order valence-electron chi connectivity index (χ3n) is 5.41. The number of carboxylic acids is 1. The third-order valence-corrected chi connectivity index (χ3v) is 6.15. The molecule has 13 nitrogen and oxygen atoms in total. The molecule has 0 spiro atoms. The molecule has 2 aromatic carbocycles. The van der Waals surface area contributed by atoms with Crippen LogP contribution >= 0.6 is 15.9 Å². The molecule has 1 amide bonds. The number of ether oxygens (including phenoxy) is 2. The van der Waals surface area contributed by atoms with Gasteiger partial charge in [0.25, 0.3) is 0 Å². The normalized spacial score (nSPS) is 11.8. The van der Waals surface area contributed by atoms with E-state index in [0.717, 1.165) is 11.1 Å². The van der Waals surface area contributed by atoms with Crippen molar-refractivity contribution in [3.8, 4) is 22.9 Å². The molecule has 0 radical (unpaired) electrons. The van der Waals surface area contributed by atoms with Gasteiger partial charge in [-0.25, -0.2) is 4.99 Å². The van der Waals surface area contributed by atoms with Gasteiger partial charge in [0.15, 0.2) is 17.5 Å². The number of benzene rings is 2. The highest BCUT2D eigenvalue weighted by atomic mass is 79.9. The van der Waals surface area contributed by atoms with Gasteiger partial charge in [-0.1, -0.05) is 48.0 Å². The average Bonchev–Trinajstić information content (AvgIpc) is 3.44. The summed E-state index contributed by atoms with van der Waals surface area (Å²) in [6.07, 6.45) is 0.449. The van der Waals surface area contributed by atoms with Crippen molar-refractivity contribution in [2.75, 3.05) is 14.2 Å². The first-order chi connectivity index (χ1) is 19.1. The Morgan fingerprint density at radius 2 is 1.88 bits per heavy atom. The summed E-state index contributed by atoms with van der Waals surface area (Å²) in [4.78, 5) is 27.4. The molecular weight excluding hydrogens is 584 g/mol. The summed E-state index contributed by atoms with van der Waals surface area (Å²) < 4.78 is 11.1. The van der Waals surface area contributed by atoms with Crippen molar-refractivity contribution in [3.05, 3.63) is 52.0 Å². The molecule has 3 aromatic rings. The Morgan fingerprint density at radius 1 is 1.18 bits per heavy atom. The number of nitrogens with one attached hydrogen (secondary N) is 2. The van der Waals surface area contributed by atoms with Crippen molar-refractivity contribution < 1.29 is 24.2 Å². The zero-order chi connectivity index (χ0) is 29.7. The molecule has 7 N–H and O–H groups in total. The molecular formula is C26H35BrN8O5. The number of amides is 1. The first kappa shape index (κ1) is 32.2. The summed E-state index contributed by atoms with van der Waals surface area (Å²) in [6.45, 7) is 4.45. The summed E-state index contributed by atoms with van der Waals surface area (Å²) in [5.74, 6) is 0.465. The highest BCUT2D eigenvalue weighted by Crippen LogP contribution is 2.33. The summed E-state index contributed by atoms with van der Waals surface area (Å²) >= 11 is 3.40. The number of guanidine groups is 1. The van der Waals surface area contributed by atoms with Crippen LogP contribution in [0.5, 0.6) is 11.5 Å². The Balaban J connectivity index is 0.000000355. The van der Waals surface area contributed by atoms with Gasteiger partial charge in [0.1, 0.15) is 0 Å². The van der Waals surface area contributed by atoms with Crippen LogP contribution in [0.2, 0.25) is 0 Å². The van der Waals surface area contributed by atoms with Gasteiger partial charge < -0.3 is 26.0 Å². The second kappa shape index (κ2) is 16.2. The summed E-state index contributed by atoms with van der Waals surface area (Å²) in [7, 11) is 3.04. The second-order valence-corrected chi connectivity index (χ2v) is 9.91. The number of tetrazole rings is 1. The number of carbonyl (C=O) groups is 2. The Hall–Kier alpha value is -4.04. The Bertz CT molecular complexity index is 1280. The largest absolute Gasteiger partial charge is 0.493 e. The molecule has 0 saturated carbocycles. The van der Waals surface area contributed by atoms with Gasteiger partial charge >= 0.3 is 5.97 Å². The SMILES string of the molecule is COc1cc(Br)c(CC(=O)NC(N)=N[C@@H](CC(=O)O)CC(C)C)cc1OC.NCc1cccc(-c2nn[nH]n2)c1. The highest BCUT2D eigenvalue weighted by Gasteiger charge is 2.17. The quantitative estimate of drug-likeness (QED) is 0.157. The Kier molecular flexibility index (Phi) is 13.0. The van der Waals surface area contributed by atoms with Crippen molar-refractivity contribution in [2.45, 2.75) is 45.7 Å². The minimum atomic E-state index is -0.960. The van der Waals surface area contributed by atoms with E-state index in [1.165, 1.54) is 14.2 Å². The van der Waals surface area contributed by atoms with E-state index in [1.54, 1.807) is 12.1 Å². The number of carbonyl (C=O) groups excluding carboxylic acids is 1. The zero-order valence-corrected chi connectivity index (χ0v) is 24.4. The van der Waals surface area contributed by atoms with Crippen LogP contribution in [0.15, 0.2) is 45.9 Å². The smallest absolute Gasteiger partial charge is 0.305 e. The number of nitrogens with two attached hydrogens (primary N) is 2. The molecule has 0 unspecified atom stereocenters. The average molecular weight is 620 g/mol. The van der Waals surface area contributed by atoms with Crippen LogP contribution in [0.1, 0.15) is 37.8 Å². The lowest BCUT2D eigenvalue weighted by molar-refractivity contribution is -0.137. The molecule has 1 aromatic heterocycles. The van der Waals surface area contributed by atoms with Gasteiger partial charge in [0, 0.05) is 16.6 Å². The van der Waals surface area contributed by atoms with Crippen LogP contribution < -0.4 is 26.3 Å². The maximum atomic E-state index is 12.3. The minimum Gasteiger partial charge on any atom is -0.493 e. The van der Waals surface area contributed by atoms with E-state index in [9.17, 15) is 9.59 Å². The lowest BCUT2D eigenvalue weighted by Gasteiger charge is -2.15. The fourth-order valence-corrected chi connectivity index (χ4v) is 4.13. The number of rotatable bonds is 11. The number of hydrogen-bond donors (Lipinski definition) is 5. The number of methoxy groups -OCH3 is 2. The van der Waals surface area contributed by atoms with Gasteiger partial charge in [0.05, 0.1) is 33.1 Å². The van der Waals surface area contributed by atoms with Crippen LogP contribution in [0.4, 0.5) is 0 Å². The standard InChI is InChI=1S/C18H26BrN3O5.C8H9N5/c1-10(2)5-12(8-17(24)25)21-18(20)22-16(23)7-11-6-14(26-3)15(27-4)9-13(11)19;9-5-6-2-1-3-7(4-6)8-10-12-13-11-8/h6,9-10,12H,5,7-8H2,1-4H3,(H,24,25)(H3,20,21,22,23);1-4H,5,9H2,(H,10,11,12,13)/t12-;/m1./s1. The number of H-pyrrole nitrogens is 1. The van der Waals surface area contributed by atoms with E-state index in [2.05, 4.69) is 46.9 Å². The molecule has 40 heavy (non-hydrogen) atoms. The second-order valence-electron chi connectivity index (χ2n) is 9.06. The molecule has 0 aliphatic carbocycles. The molecule has 1 heterocycles. The van der Waals surface area contributed by atoms with E-state index < -0.39 is 12.0 Å². The predicted octanol–water partition coefficient (Wildman–Crippen LogP) is 2.65. The molecule has 1 atom stereocenters. The number of halogens is 1. The number of carboxylic acid groups (broad SMARTS) is 1. The number of aromatic nitrogens is 4. The number of aliphatic imine (C=N–C) groups is 1. The maximum absolute atomic E-state index is 12.3.